The van der Waals surface area contributed by atoms with Crippen molar-refractivity contribution in [2.24, 2.45) is 0 Å². The standard InChI is InChI=1S/C7H8BrN3/c1-2-3-11-7(4-9)6(8)5-10-11/h5H,2-3H2,1H3. The summed E-state index contributed by atoms with van der Waals surface area (Å²) < 4.78 is 2.47. The van der Waals surface area contributed by atoms with Crippen molar-refractivity contribution in [1.29, 1.82) is 5.26 Å². The molecule has 3 nitrogen and oxygen atoms in total. The fourth-order valence-corrected chi connectivity index (χ4v) is 1.24. The third-order valence-electron chi connectivity index (χ3n) is 1.34. The van der Waals surface area contributed by atoms with E-state index in [2.05, 4.69) is 34.0 Å². The lowest BCUT2D eigenvalue weighted by atomic mass is 10.4. The van der Waals surface area contributed by atoms with E-state index in [0.29, 0.717) is 5.69 Å². The fourth-order valence-electron chi connectivity index (χ4n) is 0.855. The van der Waals surface area contributed by atoms with E-state index in [1.54, 1.807) is 10.9 Å². The lowest BCUT2D eigenvalue weighted by Gasteiger charge is -1.97. The van der Waals surface area contributed by atoms with Crippen LogP contribution in [0.15, 0.2) is 10.7 Å². The van der Waals surface area contributed by atoms with E-state index in [1.165, 1.54) is 0 Å². The zero-order chi connectivity index (χ0) is 8.27. The lowest BCUT2D eigenvalue weighted by Crippen LogP contribution is -2.01. The zero-order valence-electron chi connectivity index (χ0n) is 6.21. The molecule has 0 amide bonds. The molecule has 1 aromatic rings. The highest BCUT2D eigenvalue weighted by Gasteiger charge is 2.05. The predicted octanol–water partition coefficient (Wildman–Crippen LogP) is 1.93. The van der Waals surface area contributed by atoms with Gasteiger partial charge in [0.05, 0.1) is 10.7 Å². The predicted molar refractivity (Wildman–Crippen MR) is 44.9 cm³/mol. The SMILES string of the molecule is CCCn1ncc(Br)c1C#N. The Morgan fingerprint density at radius 3 is 3.09 bits per heavy atom. The zero-order valence-corrected chi connectivity index (χ0v) is 7.80. The van der Waals surface area contributed by atoms with E-state index in [-0.39, 0.29) is 0 Å². The minimum atomic E-state index is 0.604. The normalized spacial score (nSPS) is 9.55. The van der Waals surface area contributed by atoms with Crippen molar-refractivity contribution >= 4 is 15.9 Å². The molecule has 0 aromatic carbocycles. The third kappa shape index (κ3) is 1.60. The second kappa shape index (κ2) is 3.54. The molecular weight excluding hydrogens is 206 g/mol. The van der Waals surface area contributed by atoms with Gasteiger partial charge in [0.25, 0.3) is 0 Å². The second-order valence-corrected chi connectivity index (χ2v) is 3.03. The van der Waals surface area contributed by atoms with Crippen LogP contribution >= 0.6 is 15.9 Å². The average molecular weight is 214 g/mol. The Balaban J connectivity index is 2.98. The lowest BCUT2D eigenvalue weighted by molar-refractivity contribution is 0.596. The number of hydrogen-bond acceptors (Lipinski definition) is 2. The molecule has 11 heavy (non-hydrogen) atoms. The molecule has 0 saturated heterocycles. The largest absolute Gasteiger partial charge is 0.254 e. The van der Waals surface area contributed by atoms with Crippen LogP contribution in [0, 0.1) is 11.3 Å². The van der Waals surface area contributed by atoms with Gasteiger partial charge in [0.15, 0.2) is 5.69 Å². The summed E-state index contributed by atoms with van der Waals surface area (Å²) in [6.07, 6.45) is 2.64. The number of aromatic nitrogens is 2. The van der Waals surface area contributed by atoms with Crippen molar-refractivity contribution in [1.82, 2.24) is 9.78 Å². The van der Waals surface area contributed by atoms with Crippen LogP contribution in [0.5, 0.6) is 0 Å². The molecule has 0 saturated carbocycles. The number of hydrogen-bond donors (Lipinski definition) is 0. The Labute approximate surface area is 73.8 Å². The van der Waals surface area contributed by atoms with Crippen molar-refractivity contribution in [3.8, 4) is 6.07 Å². The van der Waals surface area contributed by atoms with Gasteiger partial charge in [0.2, 0.25) is 0 Å². The van der Waals surface area contributed by atoms with Crippen LogP contribution in [0.1, 0.15) is 19.0 Å². The molecule has 0 spiro atoms. The van der Waals surface area contributed by atoms with Gasteiger partial charge in [-0.1, -0.05) is 6.92 Å². The Morgan fingerprint density at radius 1 is 1.82 bits per heavy atom. The molecule has 0 aliphatic rings. The van der Waals surface area contributed by atoms with Crippen molar-refractivity contribution in [3.05, 3.63) is 16.4 Å². The average Bonchev–Trinajstić information content (AvgIpc) is 2.33. The van der Waals surface area contributed by atoms with Crippen molar-refractivity contribution in [2.45, 2.75) is 19.9 Å². The van der Waals surface area contributed by atoms with Crippen LogP contribution in [0.3, 0.4) is 0 Å². The summed E-state index contributed by atoms with van der Waals surface area (Å²) in [4.78, 5) is 0. The van der Waals surface area contributed by atoms with Crippen molar-refractivity contribution in [2.75, 3.05) is 0 Å². The fraction of sp³-hybridized carbons (Fsp3) is 0.429. The molecule has 0 aliphatic heterocycles. The van der Waals surface area contributed by atoms with E-state index >= 15 is 0 Å². The first-order valence-electron chi connectivity index (χ1n) is 3.41. The molecule has 1 aromatic heterocycles. The van der Waals surface area contributed by atoms with Gasteiger partial charge in [-0.15, -0.1) is 0 Å². The molecule has 0 atom stereocenters. The van der Waals surface area contributed by atoms with Gasteiger partial charge in [-0.05, 0) is 22.4 Å². The molecular formula is C7H8BrN3. The number of rotatable bonds is 2. The molecule has 0 fully saturated rings. The maximum absolute atomic E-state index is 8.67. The van der Waals surface area contributed by atoms with Crippen molar-refractivity contribution in [3.63, 3.8) is 0 Å². The Morgan fingerprint density at radius 2 is 2.55 bits per heavy atom. The van der Waals surface area contributed by atoms with Gasteiger partial charge in [0.1, 0.15) is 6.07 Å². The summed E-state index contributed by atoms with van der Waals surface area (Å²) in [6.45, 7) is 2.85. The summed E-state index contributed by atoms with van der Waals surface area (Å²) >= 11 is 3.24. The number of nitrogens with zero attached hydrogens (tertiary/aromatic N) is 3. The Bertz CT molecular complexity index is 284. The first kappa shape index (κ1) is 8.28. The summed E-state index contributed by atoms with van der Waals surface area (Å²) in [5.41, 5.74) is 0.604. The molecule has 0 bridgehead atoms. The molecule has 4 heteroatoms. The third-order valence-corrected chi connectivity index (χ3v) is 1.92. The number of nitriles is 1. The molecule has 1 rings (SSSR count). The van der Waals surface area contributed by atoms with Gasteiger partial charge in [-0.2, -0.15) is 10.4 Å². The van der Waals surface area contributed by atoms with E-state index < -0.39 is 0 Å². The summed E-state index contributed by atoms with van der Waals surface area (Å²) in [6, 6.07) is 2.08. The first-order valence-corrected chi connectivity index (χ1v) is 4.20. The van der Waals surface area contributed by atoms with Crippen LogP contribution in [-0.4, -0.2) is 9.78 Å². The van der Waals surface area contributed by atoms with Crippen LogP contribution in [0.25, 0.3) is 0 Å². The van der Waals surface area contributed by atoms with Crippen LogP contribution in [-0.2, 0) is 6.54 Å². The molecule has 0 radical (unpaired) electrons. The smallest absolute Gasteiger partial charge is 0.152 e. The maximum Gasteiger partial charge on any atom is 0.152 e. The monoisotopic (exact) mass is 213 g/mol. The minimum Gasteiger partial charge on any atom is -0.254 e. The minimum absolute atomic E-state index is 0.604. The molecule has 0 N–H and O–H groups in total. The van der Waals surface area contributed by atoms with E-state index in [0.717, 1.165) is 17.4 Å². The quantitative estimate of drug-likeness (QED) is 0.754. The maximum atomic E-state index is 8.67. The van der Waals surface area contributed by atoms with Gasteiger partial charge >= 0.3 is 0 Å². The number of halogens is 1. The van der Waals surface area contributed by atoms with Crippen molar-refractivity contribution < 1.29 is 0 Å². The first-order chi connectivity index (χ1) is 5.29. The summed E-state index contributed by atoms with van der Waals surface area (Å²) in [7, 11) is 0. The van der Waals surface area contributed by atoms with Crippen LogP contribution in [0.2, 0.25) is 0 Å². The molecule has 58 valence electrons. The highest BCUT2D eigenvalue weighted by Crippen LogP contribution is 2.14. The van der Waals surface area contributed by atoms with Gasteiger partial charge < -0.3 is 0 Å². The second-order valence-electron chi connectivity index (χ2n) is 2.18. The van der Waals surface area contributed by atoms with Gasteiger partial charge in [-0.25, -0.2) is 0 Å². The van der Waals surface area contributed by atoms with E-state index in [9.17, 15) is 0 Å². The highest BCUT2D eigenvalue weighted by atomic mass is 79.9. The Hall–Kier alpha value is -0.820. The number of aryl methyl sites for hydroxylation is 1. The highest BCUT2D eigenvalue weighted by molar-refractivity contribution is 9.10. The van der Waals surface area contributed by atoms with Crippen LogP contribution < -0.4 is 0 Å². The molecule has 1 heterocycles. The van der Waals surface area contributed by atoms with E-state index in [4.69, 9.17) is 5.26 Å². The molecule has 0 aliphatic carbocycles. The van der Waals surface area contributed by atoms with E-state index in [1.807, 2.05) is 0 Å². The molecule has 0 unspecified atom stereocenters. The summed E-state index contributed by atoms with van der Waals surface area (Å²) in [5, 5.41) is 12.7. The topological polar surface area (TPSA) is 41.6 Å². The van der Waals surface area contributed by atoms with Gasteiger partial charge in [-0.3, -0.25) is 4.68 Å². The van der Waals surface area contributed by atoms with Crippen LogP contribution in [0.4, 0.5) is 0 Å². The van der Waals surface area contributed by atoms with Gasteiger partial charge in [0, 0.05) is 6.54 Å². The Kier molecular flexibility index (Phi) is 2.66. The summed E-state index contributed by atoms with van der Waals surface area (Å²) in [5.74, 6) is 0.